The van der Waals surface area contributed by atoms with E-state index >= 15 is 0 Å². The fourth-order valence-corrected chi connectivity index (χ4v) is 0. The molecule has 0 aromatic heterocycles. The van der Waals surface area contributed by atoms with Crippen LogP contribution in [0.4, 0.5) is 0 Å². The van der Waals surface area contributed by atoms with Crippen LogP contribution in [0.3, 0.4) is 0 Å². The maximum atomic E-state index is 7.72. The predicted octanol–water partition coefficient (Wildman–Crippen LogP) is -0.508. The molecule has 0 N–H and O–H groups in total. The molecule has 0 saturated heterocycles. The predicted molar refractivity (Wildman–Crippen MR) is 33.9 cm³/mol. The molecule has 5 heteroatoms. The first-order chi connectivity index (χ1) is 3.91. The monoisotopic (exact) mass is 264 g/mol. The van der Waals surface area contributed by atoms with Crippen LogP contribution < -0.4 is 9.32 Å². The van der Waals surface area contributed by atoms with Crippen molar-refractivity contribution in [2.24, 2.45) is 0 Å². The van der Waals surface area contributed by atoms with Crippen molar-refractivity contribution in [3.05, 3.63) is 12.7 Å². The average molecular weight is 264 g/mol. The number of hydrogen-bond donors (Lipinski definition) is 0. The molecule has 0 amide bonds. The van der Waals surface area contributed by atoms with E-state index in [-0.39, 0.29) is 0 Å². The summed E-state index contributed by atoms with van der Waals surface area (Å²) in [4.78, 5) is 0. The third-order valence-corrected chi connectivity index (χ3v) is 1.12. The Morgan fingerprint density at radius 1 is 1.38 bits per heavy atom. The second-order valence-electron chi connectivity index (χ2n) is 0.524. The fraction of sp³-hybridized carbons (Fsp3) is 0.333. The van der Waals surface area contributed by atoms with Crippen LogP contribution in [-0.4, -0.2) is 22.5 Å². The molecule has 0 fully saturated rings. The zero-order valence-corrected chi connectivity index (χ0v) is 8.95. The zero-order chi connectivity index (χ0) is 7.41. The smallest absolute Gasteiger partial charge is 0.231 e. The third kappa shape index (κ3) is 61.8. The van der Waals surface area contributed by atoms with Gasteiger partial charge >= 0.3 is 39.6 Å². The van der Waals surface area contributed by atoms with Gasteiger partial charge in [0.05, 0.1) is 0 Å². The summed E-state index contributed by atoms with van der Waals surface area (Å²) in [5, 5.41) is 0. The molecule has 0 aliphatic carbocycles. The van der Waals surface area contributed by atoms with Crippen LogP contribution in [-0.2, 0) is 0 Å². The minimum atomic E-state index is 1.21. The maximum Gasteiger partial charge on any atom is -0.231 e. The molecule has 0 bridgehead atoms. The molecule has 0 aliphatic heterocycles. The topological polar surface area (TPSA) is 46.1 Å². The van der Waals surface area contributed by atoms with Gasteiger partial charge in [0, 0.05) is 0 Å². The fourth-order valence-electron chi connectivity index (χ4n) is 0. The van der Waals surface area contributed by atoms with E-state index in [0.29, 0.717) is 0 Å². The van der Waals surface area contributed by atoms with Gasteiger partial charge in [-0.05, 0) is 0 Å². The van der Waals surface area contributed by atoms with Crippen molar-refractivity contribution in [1.29, 1.82) is 0 Å². The number of allylic oxidation sites excluding steroid dienone is 1. The second kappa shape index (κ2) is 43.1. The Balaban J connectivity index is -0.0000000542. The molecule has 0 unspecified atom stereocenters. The largest absolute Gasteiger partial charge is 0.769 e. The van der Waals surface area contributed by atoms with Gasteiger partial charge in [0.25, 0.3) is 0 Å². The van der Waals surface area contributed by atoms with Gasteiger partial charge in [-0.15, -0.1) is 0 Å². The first-order valence-electron chi connectivity index (χ1n) is 1.53. The average Bonchev–Trinajstić information content (AvgIpc) is 1.96. The van der Waals surface area contributed by atoms with Gasteiger partial charge in [-0.25, -0.2) is 23.7 Å². The van der Waals surface area contributed by atoms with Gasteiger partial charge in [-0.2, -0.15) is 0 Å². The van der Waals surface area contributed by atoms with E-state index in [9.17, 15) is 0 Å². The normalized spacial score (nSPS) is 4.38. The molecule has 0 atom stereocenters. The summed E-state index contributed by atoms with van der Waals surface area (Å²) < 4.78 is 16.7. The van der Waals surface area contributed by atoms with E-state index in [2.05, 4.69) is 30.3 Å². The molecule has 0 aromatic carbocycles. The molecular weight excluding hydrogens is 258 g/mol. The van der Waals surface area contributed by atoms with Crippen LogP contribution in [0.25, 0.3) is 0 Å². The van der Waals surface area contributed by atoms with Gasteiger partial charge in [-0.1, -0.05) is 0 Å². The van der Waals surface area contributed by atoms with Crippen molar-refractivity contribution in [1.82, 2.24) is 0 Å². The van der Waals surface area contributed by atoms with E-state index in [1.165, 1.54) is 27.0 Å². The third-order valence-electron chi connectivity index (χ3n) is 0.167. The van der Waals surface area contributed by atoms with Gasteiger partial charge in [-0.3, -0.25) is 0 Å². The molecule has 0 saturated carbocycles. The molecule has 0 aromatic rings. The van der Waals surface area contributed by atoms with Crippen LogP contribution in [0.2, 0.25) is 4.44 Å². The summed E-state index contributed by atoms with van der Waals surface area (Å²) in [6, 6.07) is 0. The van der Waals surface area contributed by atoms with Gasteiger partial charge in [0.1, 0.15) is 0 Å². The summed E-state index contributed by atoms with van der Waals surface area (Å²) in [5.74, 6) is 0. The van der Waals surface area contributed by atoms with Gasteiger partial charge in [0.2, 0.25) is 0 Å². The van der Waals surface area contributed by atoms with Gasteiger partial charge < -0.3 is 9.32 Å². The van der Waals surface area contributed by atoms with E-state index in [0.717, 1.165) is 0 Å². The summed E-state index contributed by atoms with van der Waals surface area (Å²) in [7, 11) is 0. The van der Waals surface area contributed by atoms with Crippen LogP contribution >= 0.6 is 23.7 Å². The van der Waals surface area contributed by atoms with Crippen LogP contribution in [0.5, 0.6) is 0 Å². The summed E-state index contributed by atoms with van der Waals surface area (Å²) in [6.07, 6.45) is 1.93. The molecule has 0 rings (SSSR count). The van der Waals surface area contributed by atoms with Crippen molar-refractivity contribution in [2.75, 3.05) is 0 Å². The minimum absolute atomic E-state index is 1.21. The summed E-state index contributed by atoms with van der Waals surface area (Å²) >= 11 is 8.10. The minimum Gasteiger partial charge on any atom is -0.769 e. The Bertz CT molecular complexity index is 29.2. The second-order valence-corrected chi connectivity index (χ2v) is 1.87. The van der Waals surface area contributed by atoms with Crippen molar-refractivity contribution in [3.63, 3.8) is 0 Å². The molecule has 8 heavy (non-hydrogen) atoms. The van der Waals surface area contributed by atoms with Crippen molar-refractivity contribution < 1.29 is 9.32 Å². The number of halogens is 2. The Labute approximate surface area is 72.5 Å². The Morgan fingerprint density at radius 2 is 1.50 bits per heavy atom. The van der Waals surface area contributed by atoms with E-state index in [1.807, 2.05) is 6.08 Å². The maximum absolute atomic E-state index is 7.72. The molecule has 0 heterocycles. The van der Waals surface area contributed by atoms with Crippen molar-refractivity contribution >= 4 is 46.3 Å². The van der Waals surface area contributed by atoms with Gasteiger partial charge in [0.15, 0.2) is 0 Å². The standard InChI is InChI=1S/C3H5.2ClO.Sn.H/c1-3-2;2*1-2;;/h3H,1-2H2;;;;/q;2*-1;+2;. The van der Waals surface area contributed by atoms with Crippen LogP contribution in [0.1, 0.15) is 0 Å². The molecule has 0 aliphatic rings. The summed E-state index contributed by atoms with van der Waals surface area (Å²) in [6.45, 7) is 3.51. The Morgan fingerprint density at radius 3 is 1.50 bits per heavy atom. The Kier molecular flexibility index (Phi) is 86.4. The van der Waals surface area contributed by atoms with Crippen LogP contribution in [0, 0.1) is 0 Å². The van der Waals surface area contributed by atoms with E-state index < -0.39 is 0 Å². The van der Waals surface area contributed by atoms with E-state index in [4.69, 9.17) is 9.32 Å². The molecular formula is C3H6Cl2O2Sn. The van der Waals surface area contributed by atoms with Crippen LogP contribution in [0.15, 0.2) is 12.7 Å². The molecule has 48 valence electrons. The quantitative estimate of drug-likeness (QED) is 0.473. The first kappa shape index (κ1) is 16.0. The Hall–Kier alpha value is 1.04. The van der Waals surface area contributed by atoms with E-state index in [1.54, 1.807) is 0 Å². The first-order valence-corrected chi connectivity index (χ1v) is 4.48. The SMILES string of the molecule is C=C[CH2][SnH+2].[O-]Cl.[O-]Cl. The summed E-state index contributed by atoms with van der Waals surface area (Å²) in [5.41, 5.74) is 0. The number of hydrogen-bond acceptors (Lipinski definition) is 2. The molecule has 0 spiro atoms. The van der Waals surface area contributed by atoms with Crippen molar-refractivity contribution in [2.45, 2.75) is 4.44 Å². The molecule has 0 radical (unpaired) electrons. The molecule has 2 nitrogen and oxygen atoms in total. The number of rotatable bonds is 1. The van der Waals surface area contributed by atoms with Crippen molar-refractivity contribution in [3.8, 4) is 0 Å². The zero-order valence-electron chi connectivity index (χ0n) is 4.14.